The number of aromatic nitrogens is 1. The minimum Gasteiger partial charge on any atom is -0.449 e. The molecule has 0 saturated carbocycles. The number of halogens is 2. The fourth-order valence-corrected chi connectivity index (χ4v) is 3.62. The smallest absolute Gasteiger partial charge is 0.449 e. The third-order valence-electron chi connectivity index (χ3n) is 4.73. The quantitative estimate of drug-likeness (QED) is 0.445. The van der Waals surface area contributed by atoms with Crippen molar-refractivity contribution in [1.82, 2.24) is 4.57 Å². The molecule has 7 nitrogen and oxygen atoms in total. The van der Waals surface area contributed by atoms with Crippen LogP contribution in [0.1, 0.15) is 24.5 Å². The second-order valence-corrected chi connectivity index (χ2v) is 7.37. The van der Waals surface area contributed by atoms with Gasteiger partial charge in [-0.3, -0.25) is 4.79 Å². The van der Waals surface area contributed by atoms with E-state index in [0.717, 1.165) is 6.42 Å². The maximum absolute atomic E-state index is 14.4. The lowest BCUT2D eigenvalue weighted by Crippen LogP contribution is -2.18. The van der Waals surface area contributed by atoms with E-state index < -0.39 is 17.4 Å². The molecule has 31 heavy (non-hydrogen) atoms. The lowest BCUT2D eigenvalue weighted by atomic mass is 10.0. The van der Waals surface area contributed by atoms with Gasteiger partial charge in [0.1, 0.15) is 5.82 Å². The van der Waals surface area contributed by atoms with Gasteiger partial charge in [0.2, 0.25) is 5.43 Å². The van der Waals surface area contributed by atoms with Crippen LogP contribution in [0.3, 0.4) is 0 Å². The van der Waals surface area contributed by atoms with Crippen molar-refractivity contribution in [2.75, 3.05) is 18.5 Å². The van der Waals surface area contributed by atoms with Crippen molar-refractivity contribution in [1.29, 1.82) is 0 Å². The Morgan fingerprint density at radius 1 is 1.32 bits per heavy atom. The molecular weight excluding hydrogens is 427 g/mol. The van der Waals surface area contributed by atoms with Crippen LogP contribution in [0.25, 0.3) is 10.9 Å². The molecule has 9 heteroatoms. The van der Waals surface area contributed by atoms with Crippen LogP contribution in [0.4, 0.5) is 14.9 Å². The van der Waals surface area contributed by atoms with E-state index in [-0.39, 0.29) is 35.7 Å². The number of pyridine rings is 1. The van der Waals surface area contributed by atoms with E-state index in [4.69, 9.17) is 16.7 Å². The molecule has 0 amide bonds. The van der Waals surface area contributed by atoms with E-state index in [1.807, 2.05) is 13.0 Å². The summed E-state index contributed by atoms with van der Waals surface area (Å²) >= 11 is 5.89. The molecule has 0 bridgehead atoms. The van der Waals surface area contributed by atoms with Crippen LogP contribution in [0.2, 0.25) is 5.02 Å². The molecule has 0 fully saturated rings. The van der Waals surface area contributed by atoms with Crippen LogP contribution in [-0.2, 0) is 13.0 Å². The zero-order valence-electron chi connectivity index (χ0n) is 16.8. The van der Waals surface area contributed by atoms with E-state index in [1.54, 1.807) is 22.8 Å². The van der Waals surface area contributed by atoms with Gasteiger partial charge in [0, 0.05) is 19.5 Å². The molecule has 164 valence electrons. The van der Waals surface area contributed by atoms with Gasteiger partial charge < -0.3 is 24.8 Å². The molecule has 0 saturated heterocycles. The van der Waals surface area contributed by atoms with Gasteiger partial charge in [-0.05, 0) is 35.7 Å². The van der Waals surface area contributed by atoms with Gasteiger partial charge in [0.05, 0.1) is 34.4 Å². The highest BCUT2D eigenvalue weighted by Gasteiger charge is 2.18. The number of hydrogen-bond acceptors (Lipinski definition) is 5. The number of nitrogens with zero attached hydrogens (tertiary/aromatic N) is 1. The summed E-state index contributed by atoms with van der Waals surface area (Å²) in [5.74, 6) is -0.908. The van der Waals surface area contributed by atoms with Gasteiger partial charge >= 0.3 is 6.16 Å². The van der Waals surface area contributed by atoms with Crippen LogP contribution in [0.15, 0.2) is 41.3 Å². The summed E-state index contributed by atoms with van der Waals surface area (Å²) in [7, 11) is 0. The number of benzene rings is 2. The predicted octanol–water partition coefficient (Wildman–Crippen LogP) is 4.26. The number of nitrogens with one attached hydrogen (secondary N) is 1. The SMILES string of the molecule is CCCNc1cc(Cc2cccc(Cl)c2F)cc2c(=O)c(OC(=O)O)cn(CCO)c12. The van der Waals surface area contributed by atoms with Crippen molar-refractivity contribution in [2.24, 2.45) is 0 Å². The molecule has 0 radical (unpaired) electrons. The molecule has 0 aliphatic rings. The second-order valence-electron chi connectivity index (χ2n) is 6.96. The number of aliphatic hydroxyl groups is 1. The average molecular weight is 449 g/mol. The molecule has 3 aromatic rings. The predicted molar refractivity (Wildman–Crippen MR) is 117 cm³/mol. The monoisotopic (exact) mass is 448 g/mol. The van der Waals surface area contributed by atoms with E-state index in [1.165, 1.54) is 12.3 Å². The maximum Gasteiger partial charge on any atom is 0.511 e. The Labute approximate surface area is 182 Å². The van der Waals surface area contributed by atoms with Gasteiger partial charge in [0.25, 0.3) is 0 Å². The third kappa shape index (κ3) is 4.98. The van der Waals surface area contributed by atoms with Crippen LogP contribution >= 0.6 is 11.6 Å². The Balaban J connectivity index is 2.24. The lowest BCUT2D eigenvalue weighted by Gasteiger charge is -2.18. The van der Waals surface area contributed by atoms with Crippen molar-refractivity contribution >= 4 is 34.3 Å². The second kappa shape index (κ2) is 9.80. The fourth-order valence-electron chi connectivity index (χ4n) is 3.43. The molecule has 3 rings (SSSR count). The minimum atomic E-state index is -1.62. The largest absolute Gasteiger partial charge is 0.511 e. The summed E-state index contributed by atoms with van der Waals surface area (Å²) in [6.07, 6.45) is 0.641. The fraction of sp³-hybridized carbons (Fsp3) is 0.273. The number of carbonyl (C=O) groups is 1. The van der Waals surface area contributed by atoms with E-state index in [2.05, 4.69) is 10.1 Å². The first kappa shape index (κ1) is 22.6. The topological polar surface area (TPSA) is 101 Å². The number of ether oxygens (including phenoxy) is 1. The minimum absolute atomic E-state index is 0.00469. The number of rotatable bonds is 8. The number of carboxylic acid groups (broad SMARTS) is 1. The van der Waals surface area contributed by atoms with Crippen molar-refractivity contribution in [3.05, 3.63) is 68.7 Å². The van der Waals surface area contributed by atoms with E-state index in [0.29, 0.717) is 28.9 Å². The Morgan fingerprint density at radius 2 is 2.10 bits per heavy atom. The summed E-state index contributed by atoms with van der Waals surface area (Å²) in [5.41, 5.74) is 1.50. The Kier molecular flexibility index (Phi) is 7.14. The number of aliphatic hydroxyl groups excluding tert-OH is 1. The molecule has 3 N–H and O–H groups in total. The summed E-state index contributed by atoms with van der Waals surface area (Å²) in [6.45, 7) is 2.49. The van der Waals surface area contributed by atoms with Crippen LogP contribution < -0.4 is 15.5 Å². The highest BCUT2D eigenvalue weighted by atomic mass is 35.5. The molecule has 1 aromatic heterocycles. The first-order valence-corrected chi connectivity index (χ1v) is 10.1. The molecule has 0 atom stereocenters. The molecule has 2 aromatic carbocycles. The maximum atomic E-state index is 14.4. The molecule has 0 unspecified atom stereocenters. The zero-order chi connectivity index (χ0) is 22.5. The Bertz CT molecular complexity index is 1180. The average Bonchev–Trinajstić information content (AvgIpc) is 2.72. The van der Waals surface area contributed by atoms with Gasteiger partial charge in [-0.2, -0.15) is 0 Å². The Hall–Kier alpha value is -3.10. The highest BCUT2D eigenvalue weighted by molar-refractivity contribution is 6.30. The van der Waals surface area contributed by atoms with Crippen molar-refractivity contribution < 1.29 is 24.1 Å². The number of hydrogen-bond donors (Lipinski definition) is 3. The van der Waals surface area contributed by atoms with Crippen molar-refractivity contribution in [3.8, 4) is 5.75 Å². The van der Waals surface area contributed by atoms with Crippen molar-refractivity contribution in [3.63, 3.8) is 0 Å². The number of anilines is 1. The summed E-state index contributed by atoms with van der Waals surface area (Å²) < 4.78 is 20.7. The van der Waals surface area contributed by atoms with Gasteiger partial charge in [0.15, 0.2) is 5.75 Å². The lowest BCUT2D eigenvalue weighted by molar-refractivity contribution is 0.143. The summed E-state index contributed by atoms with van der Waals surface area (Å²) in [5, 5.41) is 21.9. The first-order valence-electron chi connectivity index (χ1n) is 9.74. The molecule has 0 aliphatic heterocycles. The normalized spacial score (nSPS) is 11.0. The van der Waals surface area contributed by atoms with Crippen molar-refractivity contribution in [2.45, 2.75) is 26.3 Å². The van der Waals surface area contributed by atoms with Crippen LogP contribution in [0, 0.1) is 5.82 Å². The summed E-state index contributed by atoms with van der Waals surface area (Å²) in [6, 6.07) is 8.10. The van der Waals surface area contributed by atoms with Gasteiger partial charge in [-0.1, -0.05) is 30.7 Å². The summed E-state index contributed by atoms with van der Waals surface area (Å²) in [4.78, 5) is 24.0. The van der Waals surface area contributed by atoms with Crippen LogP contribution in [0.5, 0.6) is 5.75 Å². The standard InChI is InChI=1S/C22H22ClFN2O5/c1-2-6-25-17-11-13(9-14-4-3-5-16(23)19(14)24)10-15-20(17)26(7-8-27)12-18(21(15)28)31-22(29)30/h3-5,10-12,25,27H,2,6-9H2,1H3,(H,29,30). The van der Waals surface area contributed by atoms with Gasteiger partial charge in [-0.15, -0.1) is 0 Å². The Morgan fingerprint density at radius 3 is 2.77 bits per heavy atom. The van der Waals surface area contributed by atoms with E-state index >= 15 is 0 Å². The molecule has 1 heterocycles. The molecular formula is C22H22ClFN2O5. The third-order valence-corrected chi connectivity index (χ3v) is 5.02. The molecule has 0 aliphatic carbocycles. The van der Waals surface area contributed by atoms with Crippen LogP contribution in [-0.4, -0.2) is 34.1 Å². The van der Waals surface area contributed by atoms with Gasteiger partial charge in [-0.25, -0.2) is 9.18 Å². The van der Waals surface area contributed by atoms with E-state index in [9.17, 15) is 19.1 Å². The first-order chi connectivity index (χ1) is 14.8. The highest BCUT2D eigenvalue weighted by Crippen LogP contribution is 2.29. The zero-order valence-corrected chi connectivity index (χ0v) is 17.6. The number of fused-ring (bicyclic) bond motifs is 1. The molecule has 0 spiro atoms.